The van der Waals surface area contributed by atoms with Gasteiger partial charge in [-0.25, -0.2) is 0 Å². The molecule has 0 bridgehead atoms. The Balaban J connectivity index is 1.80. The number of rotatable bonds is 4. The first-order valence-corrected chi connectivity index (χ1v) is 5.93. The quantitative estimate of drug-likeness (QED) is 0.872. The van der Waals surface area contributed by atoms with Gasteiger partial charge in [0.05, 0.1) is 11.8 Å². The number of hydrogen-bond donors (Lipinski definition) is 1. The fourth-order valence-electron chi connectivity index (χ4n) is 1.39. The van der Waals surface area contributed by atoms with Crippen molar-refractivity contribution in [1.29, 1.82) is 0 Å². The third-order valence-corrected chi connectivity index (χ3v) is 3.14. The van der Waals surface area contributed by atoms with Crippen LogP contribution in [0.4, 0.5) is 0 Å². The Kier molecular flexibility index (Phi) is 3.36. The summed E-state index contributed by atoms with van der Waals surface area (Å²) in [5.41, 5.74) is 0.605. The lowest BCUT2D eigenvalue weighted by atomic mass is 10.3. The molecule has 2 aromatic rings. The minimum Gasteiger partial charge on any atom is -0.352 e. The van der Waals surface area contributed by atoms with Gasteiger partial charge in [0.15, 0.2) is 0 Å². The van der Waals surface area contributed by atoms with Crippen LogP contribution >= 0.6 is 11.3 Å². The number of nitrogens with one attached hydrogen (secondary N) is 1. The second-order valence-electron chi connectivity index (χ2n) is 3.49. The molecule has 16 heavy (non-hydrogen) atoms. The van der Waals surface area contributed by atoms with Gasteiger partial charge in [0.2, 0.25) is 0 Å². The predicted molar refractivity (Wildman–Crippen MR) is 63.6 cm³/mol. The largest absolute Gasteiger partial charge is 0.352 e. The topological polar surface area (TPSA) is 46.9 Å². The van der Waals surface area contributed by atoms with E-state index in [-0.39, 0.29) is 5.91 Å². The molecular formula is C11H13N3OS. The van der Waals surface area contributed by atoms with Crippen molar-refractivity contribution in [1.82, 2.24) is 15.1 Å². The minimum atomic E-state index is -0.0651. The van der Waals surface area contributed by atoms with Crippen LogP contribution in [-0.2, 0) is 13.5 Å². The van der Waals surface area contributed by atoms with Gasteiger partial charge < -0.3 is 5.32 Å². The molecule has 4 nitrogen and oxygen atoms in total. The molecule has 84 valence electrons. The molecule has 0 aliphatic rings. The number of amides is 1. The van der Waals surface area contributed by atoms with Crippen molar-refractivity contribution in [3.05, 3.63) is 40.3 Å². The summed E-state index contributed by atoms with van der Waals surface area (Å²) in [5.74, 6) is -0.0651. The Hall–Kier alpha value is -1.62. The van der Waals surface area contributed by atoms with Crippen molar-refractivity contribution in [2.75, 3.05) is 6.54 Å². The average Bonchev–Trinajstić information content (AvgIpc) is 2.89. The highest BCUT2D eigenvalue weighted by Gasteiger charge is 2.06. The van der Waals surface area contributed by atoms with E-state index in [4.69, 9.17) is 0 Å². The minimum absolute atomic E-state index is 0.0651. The Morgan fingerprint density at radius 3 is 3.12 bits per heavy atom. The van der Waals surface area contributed by atoms with Crippen LogP contribution in [-0.4, -0.2) is 22.2 Å². The van der Waals surface area contributed by atoms with E-state index in [0.717, 1.165) is 6.42 Å². The average molecular weight is 235 g/mol. The van der Waals surface area contributed by atoms with Crippen LogP contribution < -0.4 is 5.32 Å². The summed E-state index contributed by atoms with van der Waals surface area (Å²) in [7, 11) is 1.79. The number of carbonyl (C=O) groups is 1. The number of aromatic nitrogens is 2. The van der Waals surface area contributed by atoms with Gasteiger partial charge in [-0.2, -0.15) is 5.10 Å². The normalized spacial score (nSPS) is 10.3. The summed E-state index contributed by atoms with van der Waals surface area (Å²) >= 11 is 1.71. The zero-order valence-electron chi connectivity index (χ0n) is 9.01. The lowest BCUT2D eigenvalue weighted by Crippen LogP contribution is -2.25. The third kappa shape index (κ3) is 2.70. The number of nitrogens with zero attached hydrogens (tertiary/aromatic N) is 2. The number of carbonyl (C=O) groups excluding carboxylic acids is 1. The van der Waals surface area contributed by atoms with Crippen LogP contribution in [0.15, 0.2) is 29.9 Å². The Bertz CT molecular complexity index is 461. The predicted octanol–water partition coefficient (Wildman–Crippen LogP) is 1.45. The lowest BCUT2D eigenvalue weighted by Gasteiger charge is -2.01. The second kappa shape index (κ2) is 4.94. The Morgan fingerprint density at radius 2 is 2.50 bits per heavy atom. The summed E-state index contributed by atoms with van der Waals surface area (Å²) in [4.78, 5) is 12.9. The first kappa shape index (κ1) is 10.9. The summed E-state index contributed by atoms with van der Waals surface area (Å²) in [6.45, 7) is 0.661. The molecule has 0 aliphatic carbocycles. The van der Waals surface area contributed by atoms with Gasteiger partial charge in [0.1, 0.15) is 0 Å². The number of hydrogen-bond acceptors (Lipinski definition) is 3. The van der Waals surface area contributed by atoms with E-state index in [1.54, 1.807) is 35.5 Å². The molecule has 2 aromatic heterocycles. The maximum Gasteiger partial charge on any atom is 0.254 e. The molecule has 1 N–H and O–H groups in total. The molecule has 0 spiro atoms. The van der Waals surface area contributed by atoms with E-state index in [1.807, 2.05) is 11.4 Å². The van der Waals surface area contributed by atoms with E-state index in [9.17, 15) is 4.79 Å². The third-order valence-electron chi connectivity index (χ3n) is 2.20. The summed E-state index contributed by atoms with van der Waals surface area (Å²) in [5, 5.41) is 8.86. The van der Waals surface area contributed by atoms with Gasteiger partial charge in [-0.3, -0.25) is 9.48 Å². The van der Waals surface area contributed by atoms with Gasteiger partial charge in [-0.15, -0.1) is 11.3 Å². The smallest absolute Gasteiger partial charge is 0.254 e. The zero-order chi connectivity index (χ0) is 11.4. The van der Waals surface area contributed by atoms with Gasteiger partial charge >= 0.3 is 0 Å². The highest BCUT2D eigenvalue weighted by atomic mass is 32.1. The van der Waals surface area contributed by atoms with Gasteiger partial charge in [0.25, 0.3) is 5.91 Å². The number of aryl methyl sites for hydroxylation is 1. The maximum absolute atomic E-state index is 11.6. The molecule has 0 fully saturated rings. The van der Waals surface area contributed by atoms with E-state index in [0.29, 0.717) is 12.1 Å². The van der Waals surface area contributed by atoms with Crippen LogP contribution in [0.5, 0.6) is 0 Å². The van der Waals surface area contributed by atoms with Crippen LogP contribution in [0, 0.1) is 0 Å². The molecule has 2 rings (SSSR count). The maximum atomic E-state index is 11.6. The van der Waals surface area contributed by atoms with E-state index in [1.165, 1.54) is 4.88 Å². The van der Waals surface area contributed by atoms with E-state index in [2.05, 4.69) is 16.5 Å². The van der Waals surface area contributed by atoms with Crippen molar-refractivity contribution in [3.63, 3.8) is 0 Å². The van der Waals surface area contributed by atoms with Crippen molar-refractivity contribution in [3.8, 4) is 0 Å². The highest BCUT2D eigenvalue weighted by Crippen LogP contribution is 2.08. The summed E-state index contributed by atoms with van der Waals surface area (Å²) in [6.07, 6.45) is 4.16. The summed E-state index contributed by atoms with van der Waals surface area (Å²) < 4.78 is 1.62. The van der Waals surface area contributed by atoms with Crippen LogP contribution in [0.1, 0.15) is 15.2 Å². The van der Waals surface area contributed by atoms with Crippen molar-refractivity contribution in [2.24, 2.45) is 7.05 Å². The Labute approximate surface area is 97.9 Å². The van der Waals surface area contributed by atoms with Gasteiger partial charge in [-0.1, -0.05) is 6.07 Å². The van der Waals surface area contributed by atoms with Crippen LogP contribution in [0.25, 0.3) is 0 Å². The molecule has 0 aromatic carbocycles. The molecule has 0 saturated heterocycles. The molecule has 2 heterocycles. The number of thiophene rings is 1. The molecule has 0 radical (unpaired) electrons. The molecular weight excluding hydrogens is 222 g/mol. The fourth-order valence-corrected chi connectivity index (χ4v) is 2.10. The van der Waals surface area contributed by atoms with Crippen molar-refractivity contribution in [2.45, 2.75) is 6.42 Å². The SMILES string of the molecule is Cn1cc(C(=O)NCCc2cccs2)cn1. The van der Waals surface area contributed by atoms with Crippen molar-refractivity contribution >= 4 is 17.2 Å². The lowest BCUT2D eigenvalue weighted by molar-refractivity contribution is 0.0954. The van der Waals surface area contributed by atoms with Crippen molar-refractivity contribution < 1.29 is 4.79 Å². The van der Waals surface area contributed by atoms with Gasteiger partial charge in [-0.05, 0) is 17.9 Å². The van der Waals surface area contributed by atoms with E-state index >= 15 is 0 Å². The monoisotopic (exact) mass is 235 g/mol. The first-order chi connectivity index (χ1) is 7.75. The van der Waals surface area contributed by atoms with Gasteiger partial charge in [0, 0.05) is 24.7 Å². The second-order valence-corrected chi connectivity index (χ2v) is 4.52. The molecule has 0 aliphatic heterocycles. The highest BCUT2D eigenvalue weighted by molar-refractivity contribution is 7.09. The molecule has 0 saturated carbocycles. The molecule has 0 atom stereocenters. The Morgan fingerprint density at radius 1 is 1.62 bits per heavy atom. The van der Waals surface area contributed by atoms with Crippen LogP contribution in [0.2, 0.25) is 0 Å². The summed E-state index contributed by atoms with van der Waals surface area (Å²) in [6, 6.07) is 4.09. The molecule has 5 heteroatoms. The first-order valence-electron chi connectivity index (χ1n) is 5.05. The van der Waals surface area contributed by atoms with Crippen LogP contribution in [0.3, 0.4) is 0 Å². The van der Waals surface area contributed by atoms with E-state index < -0.39 is 0 Å². The zero-order valence-corrected chi connectivity index (χ0v) is 9.83. The molecule has 0 unspecified atom stereocenters. The standard InChI is InChI=1S/C11H13N3OS/c1-14-8-9(7-13-14)11(15)12-5-4-10-3-2-6-16-10/h2-3,6-8H,4-5H2,1H3,(H,12,15). The molecule has 1 amide bonds. The fraction of sp³-hybridized carbons (Fsp3) is 0.273.